The fraction of sp³-hybridized carbons (Fsp3) is 0.263. The maximum absolute atomic E-state index is 12.2. The summed E-state index contributed by atoms with van der Waals surface area (Å²) in [6, 6.07) is 7.89. The molecule has 0 fully saturated rings. The highest BCUT2D eigenvalue weighted by Crippen LogP contribution is 2.31. The molecule has 1 amide bonds. The molecular weight excluding hydrogens is 374 g/mol. The van der Waals surface area contributed by atoms with Gasteiger partial charge in [-0.1, -0.05) is 11.6 Å². The molecule has 0 aliphatic heterocycles. The zero-order valence-electron chi connectivity index (χ0n) is 15.4. The highest BCUT2D eigenvalue weighted by Gasteiger charge is 2.15. The van der Waals surface area contributed by atoms with E-state index in [1.54, 1.807) is 25.1 Å². The number of hydrogen-bond acceptors (Lipinski definition) is 6. The van der Waals surface area contributed by atoms with E-state index in [4.69, 9.17) is 30.5 Å². The van der Waals surface area contributed by atoms with Gasteiger partial charge in [0.05, 0.1) is 32.6 Å². The maximum Gasteiger partial charge on any atom is 0.338 e. The molecule has 7 nitrogen and oxygen atoms in total. The molecule has 27 heavy (non-hydrogen) atoms. The van der Waals surface area contributed by atoms with Gasteiger partial charge in [0, 0.05) is 17.2 Å². The molecule has 8 heteroatoms. The fourth-order valence-corrected chi connectivity index (χ4v) is 2.41. The minimum atomic E-state index is -0.679. The maximum atomic E-state index is 12.2. The third-order valence-electron chi connectivity index (χ3n) is 3.68. The number of hydrogen-bond donors (Lipinski definition) is 1. The molecule has 0 unspecified atom stereocenters. The van der Waals surface area contributed by atoms with Gasteiger partial charge in [-0.3, -0.25) is 4.79 Å². The molecule has 2 rings (SSSR count). The van der Waals surface area contributed by atoms with Gasteiger partial charge in [0.2, 0.25) is 0 Å². The predicted octanol–water partition coefficient (Wildman–Crippen LogP) is 3.47. The van der Waals surface area contributed by atoms with Gasteiger partial charge in [-0.2, -0.15) is 0 Å². The van der Waals surface area contributed by atoms with Crippen molar-refractivity contribution in [3.05, 3.63) is 46.5 Å². The Kier molecular flexibility index (Phi) is 6.90. The third kappa shape index (κ3) is 5.27. The van der Waals surface area contributed by atoms with Crippen molar-refractivity contribution in [2.45, 2.75) is 6.92 Å². The first-order valence-corrected chi connectivity index (χ1v) is 8.30. The molecule has 0 heterocycles. The first kappa shape index (κ1) is 20.4. The largest absolute Gasteiger partial charge is 0.497 e. The van der Waals surface area contributed by atoms with E-state index in [-0.39, 0.29) is 5.56 Å². The van der Waals surface area contributed by atoms with Crippen LogP contribution in [-0.4, -0.2) is 39.8 Å². The van der Waals surface area contributed by atoms with Gasteiger partial charge in [0.1, 0.15) is 17.2 Å². The van der Waals surface area contributed by atoms with Gasteiger partial charge in [-0.15, -0.1) is 0 Å². The molecule has 2 aromatic carbocycles. The van der Waals surface area contributed by atoms with E-state index in [1.807, 2.05) is 0 Å². The second-order valence-corrected chi connectivity index (χ2v) is 5.93. The summed E-state index contributed by atoms with van der Waals surface area (Å²) in [5, 5.41) is 3.15. The number of carbonyl (C=O) groups is 2. The van der Waals surface area contributed by atoms with Crippen LogP contribution in [0.15, 0.2) is 30.3 Å². The van der Waals surface area contributed by atoms with Crippen molar-refractivity contribution in [2.75, 3.05) is 33.3 Å². The molecule has 0 bridgehead atoms. The van der Waals surface area contributed by atoms with Crippen LogP contribution in [0.5, 0.6) is 17.2 Å². The van der Waals surface area contributed by atoms with E-state index in [0.29, 0.717) is 28.0 Å². The smallest absolute Gasteiger partial charge is 0.338 e. The number of carbonyl (C=O) groups excluding carboxylic acids is 2. The Hall–Kier alpha value is -2.93. The topological polar surface area (TPSA) is 83.1 Å². The number of nitrogens with one attached hydrogen (secondary N) is 1. The first-order valence-electron chi connectivity index (χ1n) is 7.92. The monoisotopic (exact) mass is 393 g/mol. The minimum Gasteiger partial charge on any atom is -0.497 e. The molecule has 1 N–H and O–H groups in total. The molecule has 0 aromatic heterocycles. The molecule has 144 valence electrons. The van der Waals surface area contributed by atoms with Gasteiger partial charge >= 0.3 is 5.97 Å². The number of ether oxygens (including phenoxy) is 4. The van der Waals surface area contributed by atoms with Gasteiger partial charge in [0.15, 0.2) is 6.61 Å². The van der Waals surface area contributed by atoms with Crippen molar-refractivity contribution < 1.29 is 28.5 Å². The number of aryl methyl sites for hydroxylation is 1. The van der Waals surface area contributed by atoms with E-state index < -0.39 is 18.5 Å². The van der Waals surface area contributed by atoms with Crippen molar-refractivity contribution in [1.82, 2.24) is 0 Å². The summed E-state index contributed by atoms with van der Waals surface area (Å²) in [7, 11) is 4.41. The summed E-state index contributed by atoms with van der Waals surface area (Å²) >= 11 is 6.04. The lowest BCUT2D eigenvalue weighted by Gasteiger charge is -2.12. The van der Waals surface area contributed by atoms with Crippen molar-refractivity contribution in [2.24, 2.45) is 0 Å². The summed E-state index contributed by atoms with van der Waals surface area (Å²) in [6.07, 6.45) is 0. The normalized spacial score (nSPS) is 10.1. The molecule has 0 spiro atoms. The van der Waals surface area contributed by atoms with Crippen LogP contribution >= 0.6 is 11.6 Å². The van der Waals surface area contributed by atoms with Crippen molar-refractivity contribution in [3.63, 3.8) is 0 Å². The summed E-state index contributed by atoms with van der Waals surface area (Å²) in [4.78, 5) is 24.3. The molecular formula is C19H20ClNO6. The Morgan fingerprint density at radius 3 is 2.15 bits per heavy atom. The first-order chi connectivity index (χ1) is 12.9. The number of methoxy groups -OCH3 is 3. The molecule has 0 aliphatic rings. The van der Waals surface area contributed by atoms with E-state index in [9.17, 15) is 9.59 Å². The SMILES string of the molecule is COc1cc(OC)cc(C(=O)OCC(=O)Nc2cc(C)c(Cl)cc2OC)c1. The number of rotatable bonds is 7. The highest BCUT2D eigenvalue weighted by molar-refractivity contribution is 6.31. The number of halogens is 1. The molecule has 0 saturated carbocycles. The van der Waals surface area contributed by atoms with Crippen LogP contribution in [-0.2, 0) is 9.53 Å². The van der Waals surface area contributed by atoms with Crippen molar-refractivity contribution in [3.8, 4) is 17.2 Å². The van der Waals surface area contributed by atoms with Crippen molar-refractivity contribution >= 4 is 29.2 Å². The quantitative estimate of drug-likeness (QED) is 0.725. The minimum absolute atomic E-state index is 0.207. The Bertz CT molecular complexity index is 830. The van der Waals surface area contributed by atoms with Gasteiger partial charge < -0.3 is 24.3 Å². The number of amides is 1. The van der Waals surface area contributed by atoms with Gasteiger partial charge in [0.25, 0.3) is 5.91 Å². The Balaban J connectivity index is 2.04. The van der Waals surface area contributed by atoms with Crippen molar-refractivity contribution in [1.29, 1.82) is 0 Å². The summed E-state index contributed by atoms with van der Waals surface area (Å²) in [5.74, 6) is 0.0851. The van der Waals surface area contributed by atoms with Crippen LogP contribution in [0.25, 0.3) is 0 Å². The number of esters is 1. The summed E-state index contributed by atoms with van der Waals surface area (Å²) in [5.41, 5.74) is 1.41. The third-order valence-corrected chi connectivity index (χ3v) is 4.08. The Morgan fingerprint density at radius 2 is 1.59 bits per heavy atom. The zero-order valence-corrected chi connectivity index (χ0v) is 16.2. The van der Waals surface area contributed by atoms with Crippen LogP contribution in [0, 0.1) is 6.92 Å². The van der Waals surface area contributed by atoms with Crippen LogP contribution in [0.2, 0.25) is 5.02 Å². The standard InChI is InChI=1S/C19H20ClNO6/c1-11-5-16(17(26-4)9-15(11)20)21-18(22)10-27-19(23)12-6-13(24-2)8-14(7-12)25-3/h5-9H,10H2,1-4H3,(H,21,22). The average molecular weight is 394 g/mol. The number of benzene rings is 2. The zero-order chi connectivity index (χ0) is 20.0. The number of anilines is 1. The molecule has 0 atom stereocenters. The molecule has 2 aromatic rings. The average Bonchev–Trinajstić information content (AvgIpc) is 2.68. The van der Waals surface area contributed by atoms with Crippen LogP contribution in [0.3, 0.4) is 0 Å². The van der Waals surface area contributed by atoms with E-state index in [0.717, 1.165) is 5.56 Å². The Morgan fingerprint density at radius 1 is 0.963 bits per heavy atom. The highest BCUT2D eigenvalue weighted by atomic mass is 35.5. The predicted molar refractivity (Wildman–Crippen MR) is 101 cm³/mol. The lowest BCUT2D eigenvalue weighted by atomic mass is 10.2. The van der Waals surface area contributed by atoms with Gasteiger partial charge in [-0.25, -0.2) is 4.79 Å². The molecule has 0 aliphatic carbocycles. The lowest BCUT2D eigenvalue weighted by Crippen LogP contribution is -2.21. The lowest BCUT2D eigenvalue weighted by molar-refractivity contribution is -0.119. The second kappa shape index (κ2) is 9.14. The van der Waals surface area contributed by atoms with E-state index >= 15 is 0 Å². The summed E-state index contributed by atoms with van der Waals surface area (Å²) in [6.45, 7) is 1.33. The molecule has 0 radical (unpaired) electrons. The molecule has 0 saturated heterocycles. The van der Waals surface area contributed by atoms with Gasteiger partial charge in [-0.05, 0) is 30.7 Å². The fourth-order valence-electron chi connectivity index (χ4n) is 2.26. The van der Waals surface area contributed by atoms with Crippen LogP contribution < -0.4 is 19.5 Å². The second-order valence-electron chi connectivity index (χ2n) is 5.53. The van der Waals surface area contributed by atoms with E-state index in [1.165, 1.54) is 33.5 Å². The van der Waals surface area contributed by atoms with E-state index in [2.05, 4.69) is 5.32 Å². The van der Waals surface area contributed by atoms with Crippen LogP contribution in [0.4, 0.5) is 5.69 Å². The Labute approximate surface area is 162 Å². The summed E-state index contributed by atoms with van der Waals surface area (Å²) < 4.78 is 20.5. The van der Waals surface area contributed by atoms with Crippen LogP contribution in [0.1, 0.15) is 15.9 Å².